The van der Waals surface area contributed by atoms with Gasteiger partial charge < -0.3 is 0 Å². The molecule has 1 aliphatic heterocycles. The second-order valence-electron chi connectivity index (χ2n) is 5.33. The van der Waals surface area contributed by atoms with Gasteiger partial charge in [-0.1, -0.05) is 19.1 Å². The first-order chi connectivity index (χ1) is 11.0. The molecular weight excluding hydrogens is 314 g/mol. The number of imide groups is 1. The predicted octanol–water partition coefficient (Wildman–Crippen LogP) is 2.34. The lowest BCUT2D eigenvalue weighted by Gasteiger charge is -2.13. The first-order valence-electron chi connectivity index (χ1n) is 7.61. The summed E-state index contributed by atoms with van der Waals surface area (Å²) in [5, 5.41) is 0. The highest BCUT2D eigenvalue weighted by molar-refractivity contribution is 8.00. The molecule has 0 saturated heterocycles. The van der Waals surface area contributed by atoms with Crippen LogP contribution in [0.4, 0.5) is 0 Å². The standard InChI is InChI=1S/C17H19NO4S/c1-2-12(19)10-23-11-13(20)6-5-9-18-16(21)14-7-3-4-8-15(14)17(18)22/h3-4,7-8H,2,5-6,9-11H2,1H3. The Hall–Kier alpha value is -1.95. The van der Waals surface area contributed by atoms with E-state index in [0.717, 1.165) is 0 Å². The van der Waals surface area contributed by atoms with Crippen molar-refractivity contribution in [2.45, 2.75) is 26.2 Å². The van der Waals surface area contributed by atoms with Crippen LogP contribution in [-0.2, 0) is 9.59 Å². The molecule has 1 heterocycles. The van der Waals surface area contributed by atoms with E-state index in [1.165, 1.54) is 16.7 Å². The molecule has 1 aromatic carbocycles. The third-order valence-corrected chi connectivity index (χ3v) is 4.69. The molecule has 0 spiro atoms. The van der Waals surface area contributed by atoms with Crippen molar-refractivity contribution in [1.29, 1.82) is 0 Å². The van der Waals surface area contributed by atoms with Gasteiger partial charge in [-0.15, -0.1) is 11.8 Å². The summed E-state index contributed by atoms with van der Waals surface area (Å²) in [5.41, 5.74) is 0.856. The molecule has 1 aliphatic rings. The Morgan fingerprint density at radius 1 is 1.00 bits per heavy atom. The SMILES string of the molecule is CCC(=O)CSCC(=O)CCCN1C(=O)c2ccccc2C1=O. The van der Waals surface area contributed by atoms with Gasteiger partial charge in [-0.25, -0.2) is 0 Å². The fourth-order valence-electron chi connectivity index (χ4n) is 2.33. The third kappa shape index (κ3) is 4.28. The Morgan fingerprint density at radius 3 is 2.13 bits per heavy atom. The highest BCUT2D eigenvalue weighted by Crippen LogP contribution is 2.22. The van der Waals surface area contributed by atoms with Gasteiger partial charge in [-0.3, -0.25) is 24.1 Å². The van der Waals surface area contributed by atoms with Crippen molar-refractivity contribution in [2.75, 3.05) is 18.1 Å². The van der Waals surface area contributed by atoms with Gasteiger partial charge in [0.1, 0.15) is 11.6 Å². The molecular formula is C17H19NO4S. The molecule has 0 radical (unpaired) electrons. The van der Waals surface area contributed by atoms with E-state index in [2.05, 4.69) is 0 Å². The average molecular weight is 333 g/mol. The van der Waals surface area contributed by atoms with Crippen LogP contribution < -0.4 is 0 Å². The lowest BCUT2D eigenvalue weighted by molar-refractivity contribution is -0.116. The smallest absolute Gasteiger partial charge is 0.261 e. The van der Waals surface area contributed by atoms with E-state index >= 15 is 0 Å². The fraction of sp³-hybridized carbons (Fsp3) is 0.412. The van der Waals surface area contributed by atoms with Crippen molar-refractivity contribution in [1.82, 2.24) is 4.90 Å². The largest absolute Gasteiger partial charge is 0.299 e. The molecule has 0 aromatic heterocycles. The number of hydrogen-bond donors (Lipinski definition) is 0. The van der Waals surface area contributed by atoms with Crippen LogP contribution in [0.1, 0.15) is 46.9 Å². The molecule has 122 valence electrons. The van der Waals surface area contributed by atoms with Crippen molar-refractivity contribution in [3.63, 3.8) is 0 Å². The number of benzene rings is 1. The zero-order chi connectivity index (χ0) is 16.8. The summed E-state index contributed by atoms with van der Waals surface area (Å²) in [4.78, 5) is 48.4. The van der Waals surface area contributed by atoms with Crippen molar-refractivity contribution in [2.24, 2.45) is 0 Å². The molecule has 0 N–H and O–H groups in total. The maximum atomic E-state index is 12.1. The topological polar surface area (TPSA) is 71.5 Å². The molecule has 2 amide bonds. The summed E-state index contributed by atoms with van der Waals surface area (Å²) in [6, 6.07) is 6.74. The fourth-order valence-corrected chi connectivity index (χ4v) is 3.24. The number of hydrogen-bond acceptors (Lipinski definition) is 5. The van der Waals surface area contributed by atoms with E-state index < -0.39 is 0 Å². The second-order valence-corrected chi connectivity index (χ2v) is 6.32. The van der Waals surface area contributed by atoms with Gasteiger partial charge in [-0.05, 0) is 18.6 Å². The number of amides is 2. The molecule has 6 heteroatoms. The zero-order valence-corrected chi connectivity index (χ0v) is 13.9. The van der Waals surface area contributed by atoms with E-state index in [4.69, 9.17) is 0 Å². The highest BCUT2D eigenvalue weighted by Gasteiger charge is 2.34. The molecule has 0 unspecified atom stereocenters. The number of carbonyl (C=O) groups is 4. The van der Waals surface area contributed by atoms with Gasteiger partial charge in [0.25, 0.3) is 11.8 Å². The molecule has 0 saturated carbocycles. The highest BCUT2D eigenvalue weighted by atomic mass is 32.2. The lowest BCUT2D eigenvalue weighted by Crippen LogP contribution is -2.31. The molecule has 5 nitrogen and oxygen atoms in total. The van der Waals surface area contributed by atoms with Crippen molar-refractivity contribution in [3.8, 4) is 0 Å². The maximum Gasteiger partial charge on any atom is 0.261 e. The minimum Gasteiger partial charge on any atom is -0.299 e. The summed E-state index contributed by atoms with van der Waals surface area (Å²) < 4.78 is 0. The summed E-state index contributed by atoms with van der Waals surface area (Å²) >= 11 is 1.32. The van der Waals surface area contributed by atoms with Gasteiger partial charge in [0.2, 0.25) is 0 Å². The summed E-state index contributed by atoms with van der Waals surface area (Å²) in [5.74, 6) is 0.250. The van der Waals surface area contributed by atoms with Crippen LogP contribution in [0.25, 0.3) is 0 Å². The van der Waals surface area contributed by atoms with Gasteiger partial charge in [0.15, 0.2) is 0 Å². The van der Waals surface area contributed by atoms with Crippen LogP contribution in [0.15, 0.2) is 24.3 Å². The lowest BCUT2D eigenvalue weighted by atomic mass is 10.1. The maximum absolute atomic E-state index is 12.1. The van der Waals surface area contributed by atoms with Crippen LogP contribution in [0.2, 0.25) is 0 Å². The van der Waals surface area contributed by atoms with E-state index in [9.17, 15) is 19.2 Å². The molecule has 0 fully saturated rings. The molecule has 0 aliphatic carbocycles. The second kappa shape index (κ2) is 8.06. The number of ketones is 2. The number of nitrogens with zero attached hydrogens (tertiary/aromatic N) is 1. The van der Waals surface area contributed by atoms with Crippen molar-refractivity contribution < 1.29 is 19.2 Å². The Balaban J connectivity index is 1.75. The van der Waals surface area contributed by atoms with Crippen LogP contribution in [0.5, 0.6) is 0 Å². The van der Waals surface area contributed by atoms with Crippen LogP contribution >= 0.6 is 11.8 Å². The van der Waals surface area contributed by atoms with Gasteiger partial charge in [0, 0.05) is 19.4 Å². The van der Waals surface area contributed by atoms with Crippen molar-refractivity contribution >= 4 is 35.1 Å². The van der Waals surface area contributed by atoms with E-state index in [-0.39, 0.29) is 29.9 Å². The van der Waals surface area contributed by atoms with Gasteiger partial charge >= 0.3 is 0 Å². The molecule has 1 aromatic rings. The Bertz CT molecular complexity index is 606. The Kier molecular flexibility index (Phi) is 6.10. The molecule has 0 bridgehead atoms. The monoisotopic (exact) mass is 333 g/mol. The van der Waals surface area contributed by atoms with E-state index in [0.29, 0.717) is 41.9 Å². The number of Topliss-reactive ketones (excluding diaryl/α,β-unsaturated/α-hetero) is 2. The number of rotatable bonds is 9. The molecule has 0 atom stereocenters. The first kappa shape index (κ1) is 17.4. The predicted molar refractivity (Wildman–Crippen MR) is 88.7 cm³/mol. The number of thioether (sulfide) groups is 1. The molecule has 23 heavy (non-hydrogen) atoms. The Morgan fingerprint density at radius 2 is 1.57 bits per heavy atom. The van der Waals surface area contributed by atoms with Crippen LogP contribution in [0, 0.1) is 0 Å². The van der Waals surface area contributed by atoms with Gasteiger partial charge in [0.05, 0.1) is 22.6 Å². The van der Waals surface area contributed by atoms with Crippen molar-refractivity contribution in [3.05, 3.63) is 35.4 Å². The number of carbonyl (C=O) groups excluding carboxylic acids is 4. The average Bonchev–Trinajstić information content (AvgIpc) is 2.80. The van der Waals surface area contributed by atoms with Crippen LogP contribution in [0.3, 0.4) is 0 Å². The minimum absolute atomic E-state index is 0.0375. The minimum atomic E-state index is -0.291. The van der Waals surface area contributed by atoms with E-state index in [1.807, 2.05) is 0 Å². The summed E-state index contributed by atoms with van der Waals surface area (Å²) in [7, 11) is 0. The third-order valence-electron chi connectivity index (χ3n) is 3.64. The summed E-state index contributed by atoms with van der Waals surface area (Å²) in [6.07, 6.45) is 1.24. The van der Waals surface area contributed by atoms with Gasteiger partial charge in [-0.2, -0.15) is 0 Å². The molecule has 2 rings (SSSR count). The first-order valence-corrected chi connectivity index (χ1v) is 8.76. The Labute approximate surface area is 139 Å². The quantitative estimate of drug-likeness (QED) is 0.649. The number of fused-ring (bicyclic) bond motifs is 1. The normalized spacial score (nSPS) is 13.3. The summed E-state index contributed by atoms with van der Waals surface area (Å²) in [6.45, 7) is 2.05. The van der Waals surface area contributed by atoms with E-state index in [1.54, 1.807) is 31.2 Å². The van der Waals surface area contributed by atoms with Crippen LogP contribution in [-0.4, -0.2) is 46.3 Å². The zero-order valence-electron chi connectivity index (χ0n) is 13.0.